The van der Waals surface area contributed by atoms with Crippen LogP contribution in [-0.4, -0.2) is 36.2 Å². The Bertz CT molecular complexity index is 1430. The lowest BCUT2D eigenvalue weighted by Crippen LogP contribution is -2.13. The number of halogens is 1. The van der Waals surface area contributed by atoms with E-state index in [4.69, 9.17) is 30.9 Å². The minimum atomic E-state index is -1.02. The van der Waals surface area contributed by atoms with Crippen LogP contribution in [0.1, 0.15) is 45.7 Å². The number of hydrogen-bond acceptors (Lipinski definition) is 7. The highest BCUT2D eigenvalue weighted by molar-refractivity contribution is 6.32. The Morgan fingerprint density at radius 3 is 2.23 bits per heavy atom. The van der Waals surface area contributed by atoms with E-state index in [9.17, 15) is 19.6 Å². The van der Waals surface area contributed by atoms with Gasteiger partial charge in [-0.05, 0) is 79.6 Å². The van der Waals surface area contributed by atoms with Gasteiger partial charge in [-0.3, -0.25) is 4.79 Å². The highest BCUT2D eigenvalue weighted by Crippen LogP contribution is 2.38. The summed E-state index contributed by atoms with van der Waals surface area (Å²) in [6.07, 6.45) is 1.37. The van der Waals surface area contributed by atoms with E-state index in [1.165, 1.54) is 48.5 Å². The predicted molar refractivity (Wildman–Crippen MR) is 145 cm³/mol. The van der Waals surface area contributed by atoms with E-state index in [1.54, 1.807) is 32.0 Å². The maximum atomic E-state index is 12.7. The minimum Gasteiger partial charge on any atom is -0.490 e. The van der Waals surface area contributed by atoms with Gasteiger partial charge < -0.3 is 24.6 Å². The van der Waals surface area contributed by atoms with Crippen molar-refractivity contribution in [1.82, 2.24) is 0 Å². The zero-order valence-corrected chi connectivity index (χ0v) is 21.9. The molecule has 0 aromatic heterocycles. The molecular weight excluding hydrogens is 524 g/mol. The molecule has 0 heterocycles. The van der Waals surface area contributed by atoms with Crippen LogP contribution in [0.15, 0.2) is 66.2 Å². The molecule has 0 aliphatic rings. The molecule has 0 bridgehead atoms. The molecule has 0 atom stereocenters. The van der Waals surface area contributed by atoms with E-state index < -0.39 is 17.8 Å². The summed E-state index contributed by atoms with van der Waals surface area (Å²) in [4.78, 5) is 35.6. The van der Waals surface area contributed by atoms with Crippen LogP contribution >= 0.6 is 11.6 Å². The van der Waals surface area contributed by atoms with Gasteiger partial charge in [0.2, 0.25) is 0 Å². The third-order valence-electron chi connectivity index (χ3n) is 5.25. The minimum absolute atomic E-state index is 0.107. The second-order valence-corrected chi connectivity index (χ2v) is 8.38. The maximum Gasteiger partial charge on any atom is 0.338 e. The van der Waals surface area contributed by atoms with Gasteiger partial charge in [0.15, 0.2) is 11.5 Å². The van der Waals surface area contributed by atoms with Crippen molar-refractivity contribution in [3.05, 3.63) is 93.5 Å². The number of carboxylic acids is 1. The molecule has 9 nitrogen and oxygen atoms in total. The van der Waals surface area contributed by atoms with E-state index >= 15 is 0 Å². The van der Waals surface area contributed by atoms with Crippen molar-refractivity contribution in [2.45, 2.75) is 20.5 Å². The third kappa shape index (κ3) is 7.84. The fourth-order valence-corrected chi connectivity index (χ4v) is 3.66. The lowest BCUT2D eigenvalue weighted by atomic mass is 10.1. The first kappa shape index (κ1) is 28.8. The van der Waals surface area contributed by atoms with E-state index in [1.807, 2.05) is 6.07 Å². The molecule has 0 saturated heterocycles. The first-order chi connectivity index (χ1) is 18.7. The molecule has 2 N–H and O–H groups in total. The van der Waals surface area contributed by atoms with Crippen LogP contribution < -0.4 is 14.8 Å². The van der Waals surface area contributed by atoms with E-state index in [-0.39, 0.29) is 35.1 Å². The topological polar surface area (TPSA) is 135 Å². The van der Waals surface area contributed by atoms with Crippen LogP contribution in [0.25, 0.3) is 6.08 Å². The molecule has 0 saturated carbocycles. The summed E-state index contributed by atoms with van der Waals surface area (Å²) in [5.41, 5.74) is 1.86. The number of nitriles is 1. The van der Waals surface area contributed by atoms with Crippen LogP contribution in [0.4, 0.5) is 5.69 Å². The molecule has 3 rings (SSSR count). The molecule has 10 heteroatoms. The number of aromatic carboxylic acids is 1. The Kier molecular flexibility index (Phi) is 10.1. The first-order valence-corrected chi connectivity index (χ1v) is 12.2. The van der Waals surface area contributed by atoms with Crippen molar-refractivity contribution >= 4 is 41.2 Å². The van der Waals surface area contributed by atoms with Gasteiger partial charge in [0.05, 0.1) is 29.4 Å². The molecule has 0 spiro atoms. The summed E-state index contributed by atoms with van der Waals surface area (Å²) in [6.45, 7) is 4.15. The lowest BCUT2D eigenvalue weighted by Gasteiger charge is -2.15. The van der Waals surface area contributed by atoms with Gasteiger partial charge in [0, 0.05) is 5.69 Å². The van der Waals surface area contributed by atoms with Gasteiger partial charge in [0.1, 0.15) is 18.2 Å². The molecule has 39 heavy (non-hydrogen) atoms. The number of rotatable bonds is 11. The average Bonchev–Trinajstić information content (AvgIpc) is 2.92. The molecule has 0 unspecified atom stereocenters. The maximum absolute atomic E-state index is 12.7. The molecular formula is C29H25ClN2O7. The number of esters is 1. The van der Waals surface area contributed by atoms with Crippen molar-refractivity contribution in [1.29, 1.82) is 5.26 Å². The number of amides is 1. The van der Waals surface area contributed by atoms with Gasteiger partial charge in [-0.25, -0.2) is 9.59 Å². The van der Waals surface area contributed by atoms with Gasteiger partial charge in [0.25, 0.3) is 5.91 Å². The smallest absolute Gasteiger partial charge is 0.338 e. The Balaban J connectivity index is 1.77. The Hall–Kier alpha value is -4.81. The highest BCUT2D eigenvalue weighted by Gasteiger charge is 2.16. The van der Waals surface area contributed by atoms with E-state index in [0.29, 0.717) is 29.2 Å². The summed E-state index contributed by atoms with van der Waals surface area (Å²) >= 11 is 6.47. The van der Waals surface area contributed by atoms with Crippen LogP contribution in [0.2, 0.25) is 5.02 Å². The molecule has 1 amide bonds. The largest absolute Gasteiger partial charge is 0.490 e. The monoisotopic (exact) mass is 548 g/mol. The highest BCUT2D eigenvalue weighted by atomic mass is 35.5. The van der Waals surface area contributed by atoms with Gasteiger partial charge in [-0.15, -0.1) is 0 Å². The molecule has 0 aliphatic carbocycles. The fourth-order valence-electron chi connectivity index (χ4n) is 3.39. The molecule has 200 valence electrons. The van der Waals surface area contributed by atoms with Crippen molar-refractivity contribution in [3.8, 4) is 17.6 Å². The van der Waals surface area contributed by atoms with Crippen molar-refractivity contribution in [2.24, 2.45) is 0 Å². The number of hydrogen-bond donors (Lipinski definition) is 2. The van der Waals surface area contributed by atoms with Crippen molar-refractivity contribution in [2.75, 3.05) is 18.5 Å². The average molecular weight is 549 g/mol. The zero-order chi connectivity index (χ0) is 28.4. The van der Waals surface area contributed by atoms with Crippen LogP contribution in [0, 0.1) is 11.3 Å². The second-order valence-electron chi connectivity index (χ2n) is 7.98. The Labute approximate surface area is 230 Å². The van der Waals surface area contributed by atoms with Crippen LogP contribution in [-0.2, 0) is 16.1 Å². The Morgan fingerprint density at radius 2 is 1.64 bits per heavy atom. The number of benzene rings is 3. The number of ether oxygens (including phenoxy) is 3. The lowest BCUT2D eigenvalue weighted by molar-refractivity contribution is -0.112. The summed E-state index contributed by atoms with van der Waals surface area (Å²) in [6, 6.07) is 17.3. The standard InChI is InChI=1S/C29H25ClN2O7/c1-3-37-25-15-19(14-24(30)26(25)39-17-18-5-7-20(8-6-18)28(34)35)13-22(16-31)27(33)32-23-11-9-21(10-12-23)29(36)38-4-2/h5-15H,3-4,17H2,1-2H3,(H,32,33)(H,34,35)/b22-13+. The molecule has 3 aromatic carbocycles. The quantitative estimate of drug-likeness (QED) is 0.176. The predicted octanol–water partition coefficient (Wildman–Crippen LogP) is 5.74. The summed E-state index contributed by atoms with van der Waals surface area (Å²) in [5.74, 6) is -1.57. The fraction of sp³-hybridized carbons (Fsp3) is 0.172. The summed E-state index contributed by atoms with van der Waals surface area (Å²) in [5, 5.41) is 21.5. The van der Waals surface area contributed by atoms with E-state index in [0.717, 1.165) is 5.56 Å². The number of nitrogens with one attached hydrogen (secondary N) is 1. The van der Waals surface area contributed by atoms with Crippen molar-refractivity contribution in [3.63, 3.8) is 0 Å². The first-order valence-electron chi connectivity index (χ1n) is 11.9. The van der Waals surface area contributed by atoms with Crippen molar-refractivity contribution < 1.29 is 33.7 Å². The number of carboxylic acid groups (broad SMARTS) is 1. The SMILES string of the molecule is CCOC(=O)c1ccc(NC(=O)/C(C#N)=C/c2cc(Cl)c(OCc3ccc(C(=O)O)cc3)c(OCC)c2)cc1. The second kappa shape index (κ2) is 13.7. The third-order valence-corrected chi connectivity index (χ3v) is 5.53. The van der Waals surface area contributed by atoms with Gasteiger partial charge in [-0.1, -0.05) is 23.7 Å². The summed E-state index contributed by atoms with van der Waals surface area (Å²) in [7, 11) is 0. The molecule has 0 radical (unpaired) electrons. The number of anilines is 1. The zero-order valence-electron chi connectivity index (χ0n) is 21.2. The normalized spacial score (nSPS) is 10.8. The summed E-state index contributed by atoms with van der Waals surface area (Å²) < 4.78 is 16.5. The van der Waals surface area contributed by atoms with Crippen LogP contribution in [0.5, 0.6) is 11.5 Å². The number of carbonyl (C=O) groups excluding carboxylic acids is 2. The van der Waals surface area contributed by atoms with E-state index in [2.05, 4.69) is 5.32 Å². The number of carbonyl (C=O) groups is 3. The Morgan fingerprint density at radius 1 is 0.974 bits per heavy atom. The molecule has 0 aliphatic heterocycles. The van der Waals surface area contributed by atoms with Gasteiger partial charge >= 0.3 is 11.9 Å². The molecule has 0 fully saturated rings. The number of nitrogens with zero attached hydrogens (tertiary/aromatic N) is 1. The molecule has 3 aromatic rings. The van der Waals surface area contributed by atoms with Gasteiger partial charge in [-0.2, -0.15) is 5.26 Å². The van der Waals surface area contributed by atoms with Crippen LogP contribution in [0.3, 0.4) is 0 Å².